The third-order valence-corrected chi connectivity index (χ3v) is 3.27. The Morgan fingerprint density at radius 2 is 1.50 bits per heavy atom. The highest BCUT2D eigenvalue weighted by Gasteiger charge is 2.07. The lowest BCUT2D eigenvalue weighted by molar-refractivity contribution is 0.0526. The summed E-state index contributed by atoms with van der Waals surface area (Å²) >= 11 is 0. The van der Waals surface area contributed by atoms with Crippen LogP contribution in [-0.4, -0.2) is 30.3 Å². The fourth-order valence-corrected chi connectivity index (χ4v) is 2.08. The molecule has 0 aliphatic carbocycles. The molecule has 0 aliphatic rings. The van der Waals surface area contributed by atoms with Gasteiger partial charge in [-0.05, 0) is 55.3 Å². The molecule has 0 spiro atoms. The summed E-state index contributed by atoms with van der Waals surface area (Å²) in [7, 11) is 0. The number of anilines is 2. The topological polar surface area (TPSA) is 87.7 Å². The van der Waals surface area contributed by atoms with E-state index in [4.69, 9.17) is 9.84 Å². The molecule has 0 aromatic heterocycles. The van der Waals surface area contributed by atoms with Crippen LogP contribution >= 0.6 is 0 Å². The van der Waals surface area contributed by atoms with Gasteiger partial charge in [-0.3, -0.25) is 0 Å². The van der Waals surface area contributed by atoms with Crippen molar-refractivity contribution in [2.45, 2.75) is 13.3 Å². The van der Waals surface area contributed by atoms with Gasteiger partial charge in [-0.15, -0.1) is 0 Å². The van der Waals surface area contributed by atoms with Crippen LogP contribution in [0, 0.1) is 0 Å². The summed E-state index contributed by atoms with van der Waals surface area (Å²) in [5.74, 6) is -0.392. The van der Waals surface area contributed by atoms with Gasteiger partial charge < -0.3 is 20.5 Å². The predicted octanol–water partition coefficient (Wildman–Crippen LogP) is 3.04. The lowest BCUT2D eigenvalue weighted by Gasteiger charge is -2.09. The van der Waals surface area contributed by atoms with Crippen LogP contribution in [0.2, 0.25) is 0 Å². The summed E-state index contributed by atoms with van der Waals surface area (Å²) in [6, 6.07) is 13.3. The quantitative estimate of drug-likeness (QED) is 0.711. The summed E-state index contributed by atoms with van der Waals surface area (Å²) in [4.78, 5) is 23.5. The number of carbonyl (C=O) groups is 2. The number of aliphatic hydroxyl groups is 1. The van der Waals surface area contributed by atoms with Crippen molar-refractivity contribution in [2.75, 3.05) is 23.8 Å². The molecule has 0 atom stereocenters. The predicted molar refractivity (Wildman–Crippen MR) is 92.3 cm³/mol. The van der Waals surface area contributed by atoms with Crippen LogP contribution in [0.3, 0.4) is 0 Å². The second kappa shape index (κ2) is 8.69. The van der Waals surface area contributed by atoms with Crippen molar-refractivity contribution in [1.29, 1.82) is 0 Å². The lowest BCUT2D eigenvalue weighted by Crippen LogP contribution is -2.19. The van der Waals surface area contributed by atoms with Crippen LogP contribution in [0.5, 0.6) is 0 Å². The maximum Gasteiger partial charge on any atom is 0.338 e. The summed E-state index contributed by atoms with van der Waals surface area (Å²) in [6.07, 6.45) is 0.583. The number of carbonyl (C=O) groups excluding carboxylic acids is 2. The lowest BCUT2D eigenvalue weighted by atomic mass is 10.1. The molecule has 2 rings (SSSR count). The zero-order valence-electron chi connectivity index (χ0n) is 13.4. The fourth-order valence-electron chi connectivity index (χ4n) is 2.08. The monoisotopic (exact) mass is 328 g/mol. The van der Waals surface area contributed by atoms with Crippen LogP contribution in [0.25, 0.3) is 0 Å². The summed E-state index contributed by atoms with van der Waals surface area (Å²) in [6.45, 7) is 2.15. The highest BCUT2D eigenvalue weighted by atomic mass is 16.5. The minimum absolute atomic E-state index is 0.0923. The third kappa shape index (κ3) is 5.10. The van der Waals surface area contributed by atoms with E-state index in [1.54, 1.807) is 43.3 Å². The Labute approximate surface area is 140 Å². The normalized spacial score (nSPS) is 10.1. The Hall–Kier alpha value is -2.86. The van der Waals surface area contributed by atoms with Gasteiger partial charge in [-0.2, -0.15) is 0 Å². The SMILES string of the molecule is CCOC(=O)c1ccc(NC(=O)Nc2ccc(CCO)cc2)cc1. The molecule has 0 saturated carbocycles. The number of amides is 2. The first-order valence-corrected chi connectivity index (χ1v) is 7.67. The molecule has 24 heavy (non-hydrogen) atoms. The second-order valence-corrected chi connectivity index (χ2v) is 5.05. The van der Waals surface area contributed by atoms with Gasteiger partial charge >= 0.3 is 12.0 Å². The van der Waals surface area contributed by atoms with Gasteiger partial charge in [-0.1, -0.05) is 12.1 Å². The first-order chi connectivity index (χ1) is 11.6. The van der Waals surface area contributed by atoms with Gasteiger partial charge in [0.2, 0.25) is 0 Å². The Morgan fingerprint density at radius 1 is 0.958 bits per heavy atom. The third-order valence-electron chi connectivity index (χ3n) is 3.27. The number of nitrogens with one attached hydrogen (secondary N) is 2. The highest BCUT2D eigenvalue weighted by molar-refractivity contribution is 6.00. The maximum atomic E-state index is 12.0. The molecule has 2 amide bonds. The minimum atomic E-state index is -0.392. The van der Waals surface area contributed by atoms with Gasteiger partial charge in [0.05, 0.1) is 12.2 Å². The highest BCUT2D eigenvalue weighted by Crippen LogP contribution is 2.13. The van der Waals surface area contributed by atoms with Gasteiger partial charge in [0.25, 0.3) is 0 Å². The van der Waals surface area contributed by atoms with E-state index in [1.807, 2.05) is 12.1 Å². The number of hydrogen-bond acceptors (Lipinski definition) is 4. The van der Waals surface area contributed by atoms with E-state index in [9.17, 15) is 9.59 Å². The van der Waals surface area contributed by atoms with Crippen molar-refractivity contribution in [3.8, 4) is 0 Å². The number of urea groups is 1. The molecule has 3 N–H and O–H groups in total. The van der Waals surface area contributed by atoms with Crippen LogP contribution in [-0.2, 0) is 11.2 Å². The number of hydrogen-bond donors (Lipinski definition) is 3. The summed E-state index contributed by atoms with van der Waals surface area (Å²) in [5, 5.41) is 14.3. The van der Waals surface area contributed by atoms with Crippen molar-refractivity contribution in [3.63, 3.8) is 0 Å². The number of rotatable bonds is 6. The van der Waals surface area contributed by atoms with Crippen LogP contribution in [0.4, 0.5) is 16.2 Å². The fraction of sp³-hybridized carbons (Fsp3) is 0.222. The first kappa shape index (κ1) is 17.5. The molecule has 2 aromatic rings. The molecule has 0 bridgehead atoms. The molecule has 126 valence electrons. The molecular weight excluding hydrogens is 308 g/mol. The average molecular weight is 328 g/mol. The number of esters is 1. The Balaban J connectivity index is 1.91. The molecule has 0 aliphatic heterocycles. The van der Waals surface area contributed by atoms with E-state index in [0.717, 1.165) is 5.56 Å². The van der Waals surface area contributed by atoms with Crippen LogP contribution in [0.15, 0.2) is 48.5 Å². The van der Waals surface area contributed by atoms with Crippen molar-refractivity contribution < 1.29 is 19.4 Å². The van der Waals surface area contributed by atoms with E-state index in [2.05, 4.69) is 10.6 Å². The number of benzene rings is 2. The standard InChI is InChI=1S/C18H20N2O4/c1-2-24-17(22)14-5-9-16(10-6-14)20-18(23)19-15-7-3-13(4-8-15)11-12-21/h3-10,21H,2,11-12H2,1H3,(H2,19,20,23). The van der Waals surface area contributed by atoms with Gasteiger partial charge in [0.1, 0.15) is 0 Å². The Bertz CT molecular complexity index is 681. The molecule has 0 radical (unpaired) electrons. The zero-order chi connectivity index (χ0) is 17.4. The van der Waals surface area contributed by atoms with Crippen LogP contribution in [0.1, 0.15) is 22.8 Å². The van der Waals surface area contributed by atoms with Crippen molar-refractivity contribution in [2.24, 2.45) is 0 Å². The van der Waals surface area contributed by atoms with E-state index < -0.39 is 5.97 Å². The Kier molecular flexibility index (Phi) is 6.33. The molecule has 6 nitrogen and oxygen atoms in total. The van der Waals surface area contributed by atoms with Crippen molar-refractivity contribution >= 4 is 23.4 Å². The Morgan fingerprint density at radius 3 is 2.00 bits per heavy atom. The van der Waals surface area contributed by atoms with E-state index in [1.165, 1.54) is 0 Å². The first-order valence-electron chi connectivity index (χ1n) is 7.67. The minimum Gasteiger partial charge on any atom is -0.462 e. The number of aliphatic hydroxyl groups excluding tert-OH is 1. The molecule has 0 heterocycles. The van der Waals surface area contributed by atoms with Gasteiger partial charge in [-0.25, -0.2) is 9.59 Å². The molecule has 6 heteroatoms. The van der Waals surface area contributed by atoms with Gasteiger partial charge in [0.15, 0.2) is 0 Å². The number of ether oxygens (including phenoxy) is 1. The average Bonchev–Trinajstić information content (AvgIpc) is 2.58. The molecule has 2 aromatic carbocycles. The molecule has 0 unspecified atom stereocenters. The molecular formula is C18H20N2O4. The van der Waals surface area contributed by atoms with E-state index in [0.29, 0.717) is 30.0 Å². The molecule has 0 saturated heterocycles. The molecule has 0 fully saturated rings. The zero-order valence-corrected chi connectivity index (χ0v) is 13.4. The largest absolute Gasteiger partial charge is 0.462 e. The van der Waals surface area contributed by atoms with Crippen molar-refractivity contribution in [1.82, 2.24) is 0 Å². The summed E-state index contributed by atoms with van der Waals surface area (Å²) < 4.78 is 4.90. The summed E-state index contributed by atoms with van der Waals surface area (Å²) in [5.41, 5.74) is 2.65. The van der Waals surface area contributed by atoms with Crippen LogP contribution < -0.4 is 10.6 Å². The van der Waals surface area contributed by atoms with E-state index >= 15 is 0 Å². The van der Waals surface area contributed by atoms with Crippen molar-refractivity contribution in [3.05, 3.63) is 59.7 Å². The van der Waals surface area contributed by atoms with E-state index in [-0.39, 0.29) is 12.6 Å². The maximum absolute atomic E-state index is 12.0. The smallest absolute Gasteiger partial charge is 0.338 e. The van der Waals surface area contributed by atoms with Gasteiger partial charge in [0, 0.05) is 18.0 Å². The second-order valence-electron chi connectivity index (χ2n) is 5.05.